The molecule has 0 atom stereocenters. The van der Waals surface area contributed by atoms with Gasteiger partial charge in [-0.1, -0.05) is 29.0 Å². The number of aromatic nitrogens is 1. The van der Waals surface area contributed by atoms with Crippen molar-refractivity contribution in [2.24, 2.45) is 0 Å². The molecule has 20 heavy (non-hydrogen) atoms. The Morgan fingerprint density at radius 2 is 2.05 bits per heavy atom. The van der Waals surface area contributed by atoms with E-state index in [-0.39, 0.29) is 11.7 Å². The molecule has 6 heteroatoms. The Balaban J connectivity index is 2.24. The summed E-state index contributed by atoms with van der Waals surface area (Å²) < 4.78 is 0. The van der Waals surface area contributed by atoms with E-state index in [0.717, 1.165) is 16.8 Å². The topological polar surface area (TPSA) is 71.2 Å². The zero-order chi connectivity index (χ0) is 14.9. The van der Waals surface area contributed by atoms with Crippen LogP contribution in [-0.4, -0.2) is 25.0 Å². The highest BCUT2D eigenvalue weighted by atomic mass is 32.1. The van der Waals surface area contributed by atoms with Crippen molar-refractivity contribution in [1.82, 2.24) is 4.98 Å². The predicted molar refractivity (Wildman–Crippen MR) is 84.7 cm³/mol. The molecule has 0 aliphatic heterocycles. The number of rotatable bonds is 3. The summed E-state index contributed by atoms with van der Waals surface area (Å²) in [5, 5.41) is 3.60. The van der Waals surface area contributed by atoms with Crippen LogP contribution in [0.4, 0.5) is 16.6 Å². The molecule has 1 amide bonds. The number of amides is 1. The number of nitrogens with zero attached hydrogens (tertiary/aromatic N) is 2. The number of carbonyl (C=O) groups is 1. The minimum Gasteiger partial charge on any atom is -0.382 e. The van der Waals surface area contributed by atoms with Gasteiger partial charge in [0.1, 0.15) is 10.7 Å². The normalized spacial score (nSPS) is 10.4. The van der Waals surface area contributed by atoms with Gasteiger partial charge in [-0.2, -0.15) is 0 Å². The average Bonchev–Trinajstić information content (AvgIpc) is 2.75. The number of hydrogen-bond donors (Lipinski definition) is 2. The molecule has 0 fully saturated rings. The standard InChI is InChI=1S/C14H18N4OS/c1-8-5-6-10(9(2)7-8)16-13(19)11-12(15)17-14(20-11)18(3)4/h5-7H,15H2,1-4H3,(H,16,19). The van der Waals surface area contributed by atoms with Gasteiger partial charge in [0.05, 0.1) is 0 Å². The van der Waals surface area contributed by atoms with Crippen LogP contribution >= 0.6 is 11.3 Å². The molecule has 2 rings (SSSR count). The molecule has 0 saturated carbocycles. The fraction of sp³-hybridized carbons (Fsp3) is 0.286. The van der Waals surface area contributed by atoms with Gasteiger partial charge in [-0.3, -0.25) is 4.79 Å². The fourth-order valence-electron chi connectivity index (χ4n) is 1.81. The largest absolute Gasteiger partial charge is 0.382 e. The third-order valence-corrected chi connectivity index (χ3v) is 4.10. The minimum atomic E-state index is -0.222. The van der Waals surface area contributed by atoms with Crippen LogP contribution in [0.5, 0.6) is 0 Å². The van der Waals surface area contributed by atoms with Gasteiger partial charge in [0.2, 0.25) is 0 Å². The number of nitrogens with two attached hydrogens (primary N) is 1. The van der Waals surface area contributed by atoms with Crippen molar-refractivity contribution >= 4 is 33.9 Å². The van der Waals surface area contributed by atoms with Crippen molar-refractivity contribution < 1.29 is 4.79 Å². The molecule has 0 spiro atoms. The highest BCUT2D eigenvalue weighted by molar-refractivity contribution is 7.18. The lowest BCUT2D eigenvalue weighted by Gasteiger charge is -2.08. The van der Waals surface area contributed by atoms with E-state index in [4.69, 9.17) is 5.73 Å². The third-order valence-electron chi connectivity index (χ3n) is 2.86. The van der Waals surface area contributed by atoms with Crippen LogP contribution < -0.4 is 16.0 Å². The van der Waals surface area contributed by atoms with Crippen molar-refractivity contribution in [2.45, 2.75) is 13.8 Å². The van der Waals surface area contributed by atoms with Crippen molar-refractivity contribution in [1.29, 1.82) is 0 Å². The van der Waals surface area contributed by atoms with Crippen molar-refractivity contribution in [3.05, 3.63) is 34.2 Å². The van der Waals surface area contributed by atoms with E-state index in [2.05, 4.69) is 10.3 Å². The average molecular weight is 290 g/mol. The fourth-order valence-corrected chi connectivity index (χ4v) is 2.61. The molecule has 0 radical (unpaired) electrons. The maximum Gasteiger partial charge on any atom is 0.269 e. The van der Waals surface area contributed by atoms with Crippen LogP contribution in [0.25, 0.3) is 0 Å². The number of carbonyl (C=O) groups excluding carboxylic acids is 1. The van der Waals surface area contributed by atoms with Gasteiger partial charge in [0, 0.05) is 19.8 Å². The molecule has 5 nitrogen and oxygen atoms in total. The van der Waals surface area contributed by atoms with Crippen LogP contribution in [0, 0.1) is 13.8 Å². The summed E-state index contributed by atoms with van der Waals surface area (Å²) in [4.78, 5) is 18.7. The summed E-state index contributed by atoms with van der Waals surface area (Å²) in [6.07, 6.45) is 0. The van der Waals surface area contributed by atoms with E-state index in [1.54, 1.807) is 0 Å². The molecule has 0 unspecified atom stereocenters. The predicted octanol–water partition coefficient (Wildman–Crippen LogP) is 2.66. The van der Waals surface area contributed by atoms with E-state index < -0.39 is 0 Å². The maximum atomic E-state index is 12.3. The second-order valence-corrected chi connectivity index (χ2v) is 5.86. The Hall–Kier alpha value is -2.08. The van der Waals surface area contributed by atoms with Gasteiger partial charge >= 0.3 is 0 Å². The van der Waals surface area contributed by atoms with Gasteiger partial charge in [0.25, 0.3) is 5.91 Å². The van der Waals surface area contributed by atoms with Crippen molar-refractivity contribution in [2.75, 3.05) is 30.0 Å². The van der Waals surface area contributed by atoms with Gasteiger partial charge in [-0.25, -0.2) is 4.98 Å². The Bertz CT molecular complexity index is 649. The zero-order valence-electron chi connectivity index (χ0n) is 12.0. The van der Waals surface area contributed by atoms with Crippen LogP contribution in [0.1, 0.15) is 20.8 Å². The molecular formula is C14H18N4OS. The Kier molecular flexibility index (Phi) is 3.94. The monoisotopic (exact) mass is 290 g/mol. The van der Waals surface area contributed by atoms with E-state index >= 15 is 0 Å². The molecule has 0 aliphatic rings. The summed E-state index contributed by atoms with van der Waals surface area (Å²) >= 11 is 1.28. The first-order valence-corrected chi connectivity index (χ1v) is 7.02. The second kappa shape index (κ2) is 5.50. The van der Waals surface area contributed by atoms with Gasteiger partial charge in [-0.05, 0) is 25.5 Å². The van der Waals surface area contributed by atoms with E-state index in [9.17, 15) is 4.79 Å². The lowest BCUT2D eigenvalue weighted by molar-refractivity contribution is 0.103. The third kappa shape index (κ3) is 2.91. The van der Waals surface area contributed by atoms with E-state index in [1.807, 2.05) is 51.0 Å². The first kappa shape index (κ1) is 14.3. The number of aryl methyl sites for hydroxylation is 2. The van der Waals surface area contributed by atoms with Crippen LogP contribution in [0.3, 0.4) is 0 Å². The Morgan fingerprint density at radius 1 is 1.35 bits per heavy atom. The summed E-state index contributed by atoms with van der Waals surface area (Å²) in [6, 6.07) is 5.88. The number of benzene rings is 1. The molecule has 1 heterocycles. The molecule has 0 bridgehead atoms. The molecule has 1 aromatic carbocycles. The SMILES string of the molecule is Cc1ccc(NC(=O)c2sc(N(C)C)nc2N)c(C)c1. The lowest BCUT2D eigenvalue weighted by atomic mass is 10.1. The first-order chi connectivity index (χ1) is 9.38. The van der Waals surface area contributed by atoms with Gasteiger partial charge < -0.3 is 16.0 Å². The number of thiazole rings is 1. The van der Waals surface area contributed by atoms with Crippen molar-refractivity contribution in [3.63, 3.8) is 0 Å². The number of nitrogen functional groups attached to an aromatic ring is 1. The second-order valence-electron chi connectivity index (χ2n) is 4.88. The summed E-state index contributed by atoms with van der Waals surface area (Å²) in [5.74, 6) is 0.0426. The molecule has 0 aliphatic carbocycles. The molecule has 3 N–H and O–H groups in total. The van der Waals surface area contributed by atoms with Crippen LogP contribution in [-0.2, 0) is 0 Å². The van der Waals surface area contributed by atoms with Crippen LogP contribution in [0.2, 0.25) is 0 Å². The van der Waals surface area contributed by atoms with E-state index in [1.165, 1.54) is 11.3 Å². The molecule has 106 valence electrons. The Morgan fingerprint density at radius 3 is 2.60 bits per heavy atom. The van der Waals surface area contributed by atoms with Gasteiger partial charge in [0.15, 0.2) is 5.13 Å². The number of hydrogen-bond acceptors (Lipinski definition) is 5. The molecule has 0 saturated heterocycles. The van der Waals surface area contributed by atoms with Crippen molar-refractivity contribution in [3.8, 4) is 0 Å². The zero-order valence-corrected chi connectivity index (χ0v) is 12.8. The highest BCUT2D eigenvalue weighted by Crippen LogP contribution is 2.28. The number of anilines is 3. The maximum absolute atomic E-state index is 12.3. The highest BCUT2D eigenvalue weighted by Gasteiger charge is 2.17. The minimum absolute atomic E-state index is 0.222. The van der Waals surface area contributed by atoms with Crippen LogP contribution in [0.15, 0.2) is 18.2 Å². The molecular weight excluding hydrogens is 272 g/mol. The Labute approximate surface area is 122 Å². The number of nitrogens with one attached hydrogen (secondary N) is 1. The summed E-state index contributed by atoms with van der Waals surface area (Å²) in [7, 11) is 3.73. The quantitative estimate of drug-likeness (QED) is 0.911. The van der Waals surface area contributed by atoms with Gasteiger partial charge in [-0.15, -0.1) is 0 Å². The molecule has 2 aromatic rings. The smallest absolute Gasteiger partial charge is 0.269 e. The lowest BCUT2D eigenvalue weighted by Crippen LogP contribution is -2.13. The molecule has 1 aromatic heterocycles. The van der Waals surface area contributed by atoms with E-state index in [0.29, 0.717) is 10.0 Å². The summed E-state index contributed by atoms with van der Waals surface area (Å²) in [5.41, 5.74) is 8.78. The summed E-state index contributed by atoms with van der Waals surface area (Å²) in [6.45, 7) is 3.98. The first-order valence-electron chi connectivity index (χ1n) is 6.20.